The molecule has 0 spiro atoms. The van der Waals surface area contributed by atoms with E-state index in [0.717, 1.165) is 11.2 Å². The normalized spacial score (nSPS) is 19.4. The Morgan fingerprint density at radius 1 is 0.771 bits per heavy atom. The Morgan fingerprint density at radius 3 is 2.04 bits per heavy atom. The van der Waals surface area contributed by atoms with E-state index in [0.29, 0.717) is 126 Å². The number of aldehydes is 1. The first-order chi connectivity index (χ1) is 33.6. The minimum absolute atomic E-state index is 0.0471. The molecule has 21 nitrogen and oxygen atoms in total. The number of aliphatic carboxylic acids is 2. The maximum absolute atomic E-state index is 14.7. The minimum Gasteiger partial charge on any atom is -0.494 e. The molecule has 0 bridgehead atoms. The molecule has 3 saturated heterocycles. The van der Waals surface area contributed by atoms with Crippen molar-refractivity contribution in [2.24, 2.45) is 0 Å². The van der Waals surface area contributed by atoms with Crippen molar-refractivity contribution in [2.75, 3.05) is 131 Å². The minimum atomic E-state index is -3.34. The molecule has 0 radical (unpaired) electrons. The monoisotopic (exact) mass is 976 g/mol. The highest BCUT2D eigenvalue weighted by atomic mass is 19.3. The maximum Gasteiger partial charge on any atom is 0.317 e. The number of amides is 3. The predicted molar refractivity (Wildman–Crippen MR) is 248 cm³/mol. The van der Waals surface area contributed by atoms with Crippen LogP contribution in [0.3, 0.4) is 0 Å². The summed E-state index contributed by atoms with van der Waals surface area (Å²) in [4.78, 5) is 109. The van der Waals surface area contributed by atoms with E-state index in [1.807, 2.05) is 14.7 Å². The van der Waals surface area contributed by atoms with Gasteiger partial charge in [0.2, 0.25) is 17.6 Å². The highest BCUT2D eigenvalue weighted by Crippen LogP contribution is 2.34. The van der Waals surface area contributed by atoms with Crippen molar-refractivity contribution in [3.05, 3.63) is 66.2 Å². The Labute approximate surface area is 401 Å². The molecule has 0 saturated carbocycles. The van der Waals surface area contributed by atoms with Crippen LogP contribution in [0.4, 0.5) is 8.78 Å². The smallest absolute Gasteiger partial charge is 0.317 e. The van der Waals surface area contributed by atoms with Gasteiger partial charge in [0, 0.05) is 103 Å². The van der Waals surface area contributed by atoms with Crippen molar-refractivity contribution in [2.45, 2.75) is 24.8 Å². The number of carboxylic acid groups (broad SMARTS) is 2. The number of rotatable bonds is 18. The molecule has 2 aromatic carbocycles. The molecule has 2 aromatic heterocycles. The second-order valence-electron chi connectivity index (χ2n) is 17.7. The molecule has 7 rings (SSSR count). The summed E-state index contributed by atoms with van der Waals surface area (Å²) in [6, 6.07) is 11.6. The van der Waals surface area contributed by atoms with Crippen LogP contribution in [0, 0.1) is 0 Å². The number of nitrogens with zero attached hydrogens (tertiary/aromatic N) is 9. The van der Waals surface area contributed by atoms with E-state index in [4.69, 9.17) is 9.15 Å². The van der Waals surface area contributed by atoms with Crippen molar-refractivity contribution in [1.29, 1.82) is 0 Å². The number of hydrogen-bond donors (Lipinski definition) is 3. The fourth-order valence-corrected chi connectivity index (χ4v) is 8.91. The number of carbonyl (C=O) groups is 7. The number of carboxylic acids is 2. The van der Waals surface area contributed by atoms with Gasteiger partial charge in [0.25, 0.3) is 17.7 Å². The van der Waals surface area contributed by atoms with E-state index in [-0.39, 0.29) is 43.5 Å². The zero-order chi connectivity index (χ0) is 49.8. The van der Waals surface area contributed by atoms with Gasteiger partial charge in [-0.15, -0.1) is 0 Å². The van der Waals surface area contributed by atoms with Gasteiger partial charge in [-0.1, -0.05) is 12.1 Å². The number of nitrogens with one attached hydrogen (secondary N) is 1. The number of fused-ring (bicyclic) bond motifs is 2. The van der Waals surface area contributed by atoms with Gasteiger partial charge in [0.05, 0.1) is 57.0 Å². The first-order valence-electron chi connectivity index (χ1n) is 23.3. The lowest BCUT2D eigenvalue weighted by molar-refractivity contribution is -0.140. The van der Waals surface area contributed by atoms with Crippen LogP contribution < -0.4 is 10.1 Å². The number of para-hydroxylation sites is 2. The molecule has 3 amide bonds. The topological polar surface area (TPSA) is 243 Å². The molecule has 0 unspecified atom stereocenters. The summed E-state index contributed by atoms with van der Waals surface area (Å²) < 4.78 is 40.9. The molecule has 5 heterocycles. The highest BCUT2D eigenvalue weighted by molar-refractivity contribution is 6.07. The second-order valence-corrected chi connectivity index (χ2v) is 17.7. The molecule has 0 aliphatic carbocycles. The maximum atomic E-state index is 14.7. The lowest BCUT2D eigenvalue weighted by Gasteiger charge is -2.37. The number of pyridine rings is 1. The standard InChI is InChI=1S/C47H58F2N10O11/c48-47(49)27-38(44(67)46-52-37-4-1-2-5-39(37)70-46)59(32-47)40(61)28-51-45(68)34-8-9-50-36-7-6-33(26-35(34)36)69-25-3-10-53-19-21-58(22-20-53)41(62)29-55-13-11-54(23-24-60)12-14-56(30-42(63)64)17-18-57(16-15-55)31-43(65)66/h1-2,4-9,24,26,38H,3,10-23,25,27-32H2,(H,51,68)(H,63,64)(H,65,66)/t38-/m0/s1. The van der Waals surface area contributed by atoms with Crippen LogP contribution in [-0.2, 0) is 24.0 Å². The third-order valence-electron chi connectivity index (χ3n) is 12.7. The SMILES string of the molecule is O=CCN1CCN(CC(=O)O)CCN(CC(=O)O)CCN(CC(=O)N2CCN(CCCOc3ccc4nccc(C(=O)NCC(=O)N5CC(F)(F)C[C@H]5C(=O)c5nc6ccccc6o5)c4c3)CC2)CC1. The summed E-state index contributed by atoms with van der Waals surface area (Å²) in [5, 5.41) is 21.9. The number of alkyl halides is 2. The summed E-state index contributed by atoms with van der Waals surface area (Å²) in [5.41, 5.74) is 1.33. The van der Waals surface area contributed by atoms with Crippen LogP contribution in [0.2, 0.25) is 0 Å². The summed E-state index contributed by atoms with van der Waals surface area (Å²) in [6.45, 7) is 4.83. The Hall–Kier alpha value is -6.53. The van der Waals surface area contributed by atoms with E-state index in [1.54, 1.807) is 52.3 Å². The van der Waals surface area contributed by atoms with Crippen LogP contribution in [0.5, 0.6) is 5.75 Å². The van der Waals surface area contributed by atoms with E-state index in [1.165, 1.54) is 12.3 Å². The van der Waals surface area contributed by atoms with Crippen molar-refractivity contribution in [3.63, 3.8) is 0 Å². The van der Waals surface area contributed by atoms with Crippen molar-refractivity contribution in [1.82, 2.24) is 49.6 Å². The lowest BCUT2D eigenvalue weighted by atomic mass is 10.1. The second kappa shape index (κ2) is 23.9. The van der Waals surface area contributed by atoms with Crippen molar-refractivity contribution < 1.29 is 61.7 Å². The van der Waals surface area contributed by atoms with Crippen molar-refractivity contribution in [3.8, 4) is 5.75 Å². The van der Waals surface area contributed by atoms with Crippen LogP contribution >= 0.6 is 0 Å². The Bertz CT molecular complexity index is 2490. The zero-order valence-corrected chi connectivity index (χ0v) is 38.8. The molecule has 4 aromatic rings. The third-order valence-corrected chi connectivity index (χ3v) is 12.7. The summed E-state index contributed by atoms with van der Waals surface area (Å²) in [7, 11) is 0. The van der Waals surface area contributed by atoms with Crippen LogP contribution in [-0.4, -0.2) is 239 Å². The fraction of sp³-hybridized carbons (Fsp3) is 0.511. The van der Waals surface area contributed by atoms with Gasteiger partial charge in [-0.2, -0.15) is 0 Å². The van der Waals surface area contributed by atoms with Gasteiger partial charge in [0.1, 0.15) is 23.6 Å². The predicted octanol–water partition coefficient (Wildman–Crippen LogP) is 0.728. The number of carbonyl (C=O) groups excluding carboxylic acids is 5. The summed E-state index contributed by atoms with van der Waals surface area (Å²) >= 11 is 0. The number of Topliss-reactive ketones (excluding diaryl/α,β-unsaturated/α-hetero) is 1. The molecule has 3 N–H and O–H groups in total. The van der Waals surface area contributed by atoms with E-state index in [9.17, 15) is 52.6 Å². The number of aromatic nitrogens is 2. The fourth-order valence-electron chi connectivity index (χ4n) is 8.91. The Balaban J connectivity index is 0.866. The first-order valence-corrected chi connectivity index (χ1v) is 23.3. The summed E-state index contributed by atoms with van der Waals surface area (Å²) in [6.07, 6.45) is 1.99. The van der Waals surface area contributed by atoms with Gasteiger partial charge in [-0.25, -0.2) is 13.8 Å². The molecular weight excluding hydrogens is 919 g/mol. The van der Waals surface area contributed by atoms with Gasteiger partial charge in [0.15, 0.2) is 5.58 Å². The van der Waals surface area contributed by atoms with Crippen LogP contribution in [0.25, 0.3) is 22.0 Å². The Kier molecular flexibility index (Phi) is 17.5. The molecular formula is C47H58F2N10O11. The van der Waals surface area contributed by atoms with Crippen molar-refractivity contribution >= 4 is 63.7 Å². The lowest BCUT2D eigenvalue weighted by Crippen LogP contribution is -2.53. The highest BCUT2D eigenvalue weighted by Gasteiger charge is 2.51. The number of hydrogen-bond acceptors (Lipinski definition) is 16. The number of ketones is 1. The Morgan fingerprint density at radius 2 is 1.40 bits per heavy atom. The summed E-state index contributed by atoms with van der Waals surface area (Å²) in [5.74, 6) is -7.67. The third kappa shape index (κ3) is 14.1. The quantitative estimate of drug-likeness (QED) is 0.0707. The van der Waals surface area contributed by atoms with Gasteiger partial charge >= 0.3 is 11.9 Å². The first kappa shape index (κ1) is 51.3. The van der Waals surface area contributed by atoms with Gasteiger partial charge < -0.3 is 39.3 Å². The van der Waals surface area contributed by atoms with Crippen LogP contribution in [0.15, 0.2) is 59.1 Å². The number of likely N-dealkylation sites (tertiary alicyclic amines) is 1. The molecule has 1 atom stereocenters. The largest absolute Gasteiger partial charge is 0.494 e. The van der Waals surface area contributed by atoms with E-state index in [2.05, 4.69) is 20.2 Å². The molecule has 70 heavy (non-hydrogen) atoms. The molecule has 3 fully saturated rings. The van der Waals surface area contributed by atoms with Gasteiger partial charge in [-0.05, 0) is 42.8 Å². The van der Waals surface area contributed by atoms with Crippen LogP contribution in [0.1, 0.15) is 33.9 Å². The molecule has 3 aliphatic heterocycles. The number of ether oxygens (including phenoxy) is 1. The molecule has 376 valence electrons. The zero-order valence-electron chi connectivity index (χ0n) is 38.8. The molecule has 23 heteroatoms. The number of benzene rings is 2. The average Bonchev–Trinajstić information content (AvgIpc) is 3.92. The average molecular weight is 977 g/mol. The molecule has 3 aliphatic rings. The van der Waals surface area contributed by atoms with E-state index < -0.39 is 61.0 Å². The number of halogens is 2. The van der Waals surface area contributed by atoms with E-state index >= 15 is 0 Å². The van der Waals surface area contributed by atoms with Gasteiger partial charge in [-0.3, -0.25) is 58.3 Å². The number of piperazine rings is 1. The number of oxazole rings is 1.